The predicted octanol–water partition coefficient (Wildman–Crippen LogP) is 3.50. The van der Waals surface area contributed by atoms with Crippen molar-refractivity contribution in [3.8, 4) is 5.75 Å². The molecule has 1 aromatic carbocycles. The Hall–Kier alpha value is -1.46. The first kappa shape index (κ1) is 14.9. The Labute approximate surface area is 126 Å². The lowest BCUT2D eigenvalue weighted by Crippen LogP contribution is -2.20. The number of benzene rings is 1. The Morgan fingerprint density at radius 3 is 2.80 bits per heavy atom. The summed E-state index contributed by atoms with van der Waals surface area (Å²) in [6.07, 6.45) is 3.52. The number of aromatic nitrogens is 1. The fourth-order valence-electron chi connectivity index (χ4n) is 2.11. The molecule has 0 amide bonds. The van der Waals surface area contributed by atoms with Crippen molar-refractivity contribution < 1.29 is 9.13 Å². The van der Waals surface area contributed by atoms with Gasteiger partial charge in [0, 0.05) is 17.8 Å². The van der Waals surface area contributed by atoms with Crippen molar-refractivity contribution in [2.24, 2.45) is 0 Å². The van der Waals surface area contributed by atoms with E-state index in [4.69, 9.17) is 4.74 Å². The monoisotopic (exact) mass is 338 g/mol. The van der Waals surface area contributed by atoms with Crippen LogP contribution in [-0.2, 0) is 6.42 Å². The van der Waals surface area contributed by atoms with E-state index >= 15 is 0 Å². The van der Waals surface area contributed by atoms with E-state index in [1.165, 1.54) is 6.20 Å². The summed E-state index contributed by atoms with van der Waals surface area (Å²) in [6.45, 7) is 0. The van der Waals surface area contributed by atoms with Gasteiger partial charge in [-0.2, -0.15) is 0 Å². The highest BCUT2D eigenvalue weighted by atomic mass is 79.9. The Morgan fingerprint density at radius 1 is 1.40 bits per heavy atom. The molecule has 0 radical (unpaired) electrons. The van der Waals surface area contributed by atoms with Crippen LogP contribution in [0.15, 0.2) is 41.1 Å². The lowest BCUT2D eigenvalue weighted by atomic mass is 9.99. The van der Waals surface area contributed by atoms with Crippen LogP contribution in [0.4, 0.5) is 4.39 Å². The van der Waals surface area contributed by atoms with Gasteiger partial charge in [-0.25, -0.2) is 4.39 Å². The number of nitrogens with zero attached hydrogens (tertiary/aromatic N) is 1. The molecule has 0 bridgehead atoms. The summed E-state index contributed by atoms with van der Waals surface area (Å²) >= 11 is 3.46. The zero-order valence-corrected chi connectivity index (χ0v) is 12.9. The van der Waals surface area contributed by atoms with Crippen LogP contribution in [0.2, 0.25) is 0 Å². The molecule has 0 aliphatic heterocycles. The molecule has 0 aliphatic carbocycles. The zero-order valence-electron chi connectivity index (χ0n) is 11.4. The average Bonchev–Trinajstić information content (AvgIpc) is 2.46. The van der Waals surface area contributed by atoms with Gasteiger partial charge in [-0.3, -0.25) is 4.98 Å². The summed E-state index contributed by atoms with van der Waals surface area (Å²) in [6, 6.07) is 7.47. The van der Waals surface area contributed by atoms with Gasteiger partial charge in [0.15, 0.2) is 0 Å². The quantitative estimate of drug-likeness (QED) is 0.905. The summed E-state index contributed by atoms with van der Waals surface area (Å²) < 4.78 is 19.9. The molecule has 0 fully saturated rings. The smallest absolute Gasteiger partial charge is 0.146 e. The number of methoxy groups -OCH3 is 1. The van der Waals surface area contributed by atoms with Crippen LogP contribution < -0.4 is 10.1 Å². The average molecular weight is 339 g/mol. The standard InChI is InChI=1S/C15H16BrFN2O/c1-18-14(11-5-6-19-9-13(11)17)8-10-3-4-15(20-2)12(16)7-10/h3-7,9,14,18H,8H2,1-2H3. The van der Waals surface area contributed by atoms with Gasteiger partial charge < -0.3 is 10.1 Å². The van der Waals surface area contributed by atoms with E-state index in [0.29, 0.717) is 12.0 Å². The summed E-state index contributed by atoms with van der Waals surface area (Å²) in [5.41, 5.74) is 1.71. The van der Waals surface area contributed by atoms with Crippen LogP contribution in [0.25, 0.3) is 0 Å². The number of halogens is 2. The molecule has 5 heteroatoms. The molecule has 1 unspecified atom stereocenters. The maximum atomic E-state index is 13.8. The summed E-state index contributed by atoms with van der Waals surface area (Å²) in [5.74, 6) is 0.490. The fourth-order valence-corrected chi connectivity index (χ4v) is 2.70. The minimum Gasteiger partial charge on any atom is -0.496 e. The second-order valence-corrected chi connectivity index (χ2v) is 5.27. The number of nitrogens with one attached hydrogen (secondary N) is 1. The Balaban J connectivity index is 2.23. The summed E-state index contributed by atoms with van der Waals surface area (Å²) in [7, 11) is 3.45. The first-order valence-corrected chi connectivity index (χ1v) is 7.04. The van der Waals surface area contributed by atoms with Crippen LogP contribution in [0, 0.1) is 5.82 Å². The van der Waals surface area contributed by atoms with Gasteiger partial charge in [0.05, 0.1) is 17.8 Å². The van der Waals surface area contributed by atoms with Gasteiger partial charge in [0.25, 0.3) is 0 Å². The summed E-state index contributed by atoms with van der Waals surface area (Å²) in [4.78, 5) is 3.78. The maximum absolute atomic E-state index is 13.8. The Bertz CT molecular complexity index is 592. The topological polar surface area (TPSA) is 34.1 Å². The van der Waals surface area contributed by atoms with E-state index in [9.17, 15) is 4.39 Å². The number of likely N-dealkylation sites (N-methyl/N-ethyl adjacent to an activating group) is 1. The molecule has 2 aromatic rings. The van der Waals surface area contributed by atoms with E-state index in [1.807, 2.05) is 25.2 Å². The molecule has 20 heavy (non-hydrogen) atoms. The van der Waals surface area contributed by atoms with Crippen LogP contribution in [-0.4, -0.2) is 19.1 Å². The van der Waals surface area contributed by atoms with E-state index < -0.39 is 0 Å². The lowest BCUT2D eigenvalue weighted by Gasteiger charge is -2.17. The minimum atomic E-state index is -0.292. The third-order valence-corrected chi connectivity index (χ3v) is 3.80. The second kappa shape index (κ2) is 6.81. The summed E-state index contributed by atoms with van der Waals surface area (Å²) in [5, 5.41) is 3.14. The number of ether oxygens (including phenoxy) is 1. The molecule has 2 rings (SSSR count). The van der Waals surface area contributed by atoms with Crippen LogP contribution in [0.3, 0.4) is 0 Å². The van der Waals surface area contributed by atoms with Gasteiger partial charge in [-0.1, -0.05) is 6.07 Å². The largest absolute Gasteiger partial charge is 0.496 e. The maximum Gasteiger partial charge on any atom is 0.146 e. The van der Waals surface area contributed by atoms with Crippen LogP contribution in [0.5, 0.6) is 5.75 Å². The highest BCUT2D eigenvalue weighted by molar-refractivity contribution is 9.10. The van der Waals surface area contributed by atoms with Crippen molar-refractivity contribution in [1.82, 2.24) is 10.3 Å². The zero-order chi connectivity index (χ0) is 14.5. The molecule has 0 saturated carbocycles. The van der Waals surface area contributed by atoms with Crippen molar-refractivity contribution in [3.63, 3.8) is 0 Å². The van der Waals surface area contributed by atoms with E-state index in [-0.39, 0.29) is 11.9 Å². The first-order chi connectivity index (χ1) is 9.65. The molecule has 0 spiro atoms. The second-order valence-electron chi connectivity index (χ2n) is 4.41. The van der Waals surface area contributed by atoms with Crippen molar-refractivity contribution in [2.45, 2.75) is 12.5 Å². The lowest BCUT2D eigenvalue weighted by molar-refractivity contribution is 0.412. The Morgan fingerprint density at radius 2 is 2.20 bits per heavy atom. The molecule has 0 aliphatic rings. The number of rotatable bonds is 5. The minimum absolute atomic E-state index is 0.0988. The molecular formula is C15H16BrFN2O. The van der Waals surface area contributed by atoms with Gasteiger partial charge in [-0.05, 0) is 53.2 Å². The van der Waals surface area contributed by atoms with E-state index in [0.717, 1.165) is 15.8 Å². The van der Waals surface area contributed by atoms with E-state index in [2.05, 4.69) is 26.2 Å². The molecule has 1 heterocycles. The third-order valence-electron chi connectivity index (χ3n) is 3.18. The SMILES string of the molecule is CNC(Cc1ccc(OC)c(Br)c1)c1ccncc1F. The number of hydrogen-bond acceptors (Lipinski definition) is 3. The van der Waals surface area contributed by atoms with E-state index in [1.54, 1.807) is 19.4 Å². The third kappa shape index (κ3) is 3.35. The van der Waals surface area contributed by atoms with Crippen molar-refractivity contribution in [3.05, 3.63) is 58.1 Å². The van der Waals surface area contributed by atoms with Crippen molar-refractivity contribution >= 4 is 15.9 Å². The number of hydrogen-bond donors (Lipinski definition) is 1. The van der Waals surface area contributed by atoms with Gasteiger partial charge in [0.1, 0.15) is 11.6 Å². The molecule has 3 nitrogen and oxygen atoms in total. The predicted molar refractivity (Wildman–Crippen MR) is 80.4 cm³/mol. The molecule has 0 saturated heterocycles. The van der Waals surface area contributed by atoms with Crippen molar-refractivity contribution in [1.29, 1.82) is 0 Å². The molecule has 1 aromatic heterocycles. The van der Waals surface area contributed by atoms with Gasteiger partial charge in [0.2, 0.25) is 0 Å². The van der Waals surface area contributed by atoms with Crippen molar-refractivity contribution in [2.75, 3.05) is 14.2 Å². The number of pyridine rings is 1. The Kier molecular flexibility index (Phi) is 5.09. The molecule has 1 N–H and O–H groups in total. The fraction of sp³-hybridized carbons (Fsp3) is 0.267. The first-order valence-electron chi connectivity index (χ1n) is 6.24. The van der Waals surface area contributed by atoms with Crippen LogP contribution >= 0.6 is 15.9 Å². The highest BCUT2D eigenvalue weighted by Gasteiger charge is 2.15. The normalized spacial score (nSPS) is 12.2. The van der Waals surface area contributed by atoms with Gasteiger partial charge in [-0.15, -0.1) is 0 Å². The van der Waals surface area contributed by atoms with Crippen LogP contribution in [0.1, 0.15) is 17.2 Å². The molecule has 106 valence electrons. The molecular weight excluding hydrogens is 323 g/mol. The highest BCUT2D eigenvalue weighted by Crippen LogP contribution is 2.28. The molecule has 1 atom stereocenters. The van der Waals surface area contributed by atoms with Gasteiger partial charge >= 0.3 is 0 Å².